The van der Waals surface area contributed by atoms with E-state index in [4.69, 9.17) is 5.11 Å². The highest BCUT2D eigenvalue weighted by molar-refractivity contribution is 5.95. The Labute approximate surface area is 123 Å². The van der Waals surface area contributed by atoms with E-state index in [1.165, 1.54) is 12.1 Å². The standard InChI is InChI=1S/C15H20N2O4/c1-14(2)11(15(14,3)4)8-16-10-7-5-6-9(13(18)19)12(10)17(20)21/h5-7,11,16H,8H2,1-4H3,(H,18,19). The van der Waals surface area contributed by atoms with Gasteiger partial charge in [0, 0.05) is 6.54 Å². The van der Waals surface area contributed by atoms with Crippen LogP contribution in [0.1, 0.15) is 38.1 Å². The molecule has 6 heteroatoms. The predicted octanol–water partition coefficient (Wildman–Crippen LogP) is 3.39. The van der Waals surface area contributed by atoms with Crippen LogP contribution in [0, 0.1) is 26.9 Å². The van der Waals surface area contributed by atoms with Crippen LogP contribution < -0.4 is 5.32 Å². The molecule has 0 spiro atoms. The van der Waals surface area contributed by atoms with Crippen LogP contribution in [0.15, 0.2) is 18.2 Å². The fourth-order valence-corrected chi connectivity index (χ4v) is 3.11. The Morgan fingerprint density at radius 1 is 1.33 bits per heavy atom. The molecule has 0 atom stereocenters. The Hall–Kier alpha value is -2.11. The summed E-state index contributed by atoms with van der Waals surface area (Å²) in [5.74, 6) is -0.907. The number of nitrogens with zero attached hydrogens (tertiary/aromatic N) is 1. The molecule has 0 aliphatic heterocycles. The zero-order valence-corrected chi connectivity index (χ0v) is 12.6. The summed E-state index contributed by atoms with van der Waals surface area (Å²) in [5, 5.41) is 23.3. The highest BCUT2D eigenvalue weighted by Crippen LogP contribution is 2.68. The zero-order valence-electron chi connectivity index (χ0n) is 12.6. The summed E-state index contributed by atoms with van der Waals surface area (Å²) in [6, 6.07) is 4.31. The molecule has 0 saturated heterocycles. The summed E-state index contributed by atoms with van der Waals surface area (Å²) in [6.45, 7) is 9.26. The predicted molar refractivity (Wildman–Crippen MR) is 79.6 cm³/mol. The van der Waals surface area contributed by atoms with Crippen molar-refractivity contribution in [3.63, 3.8) is 0 Å². The van der Waals surface area contributed by atoms with Gasteiger partial charge in [-0.3, -0.25) is 10.1 Å². The van der Waals surface area contributed by atoms with Crippen molar-refractivity contribution in [3.8, 4) is 0 Å². The van der Waals surface area contributed by atoms with Gasteiger partial charge in [-0.15, -0.1) is 0 Å². The van der Waals surface area contributed by atoms with Gasteiger partial charge in [-0.05, 0) is 28.9 Å². The molecule has 1 aliphatic rings. The van der Waals surface area contributed by atoms with Crippen LogP contribution in [0.4, 0.5) is 11.4 Å². The number of carboxylic acids is 1. The SMILES string of the molecule is CC1(C)C(CNc2cccc(C(=O)O)c2[N+](=O)[O-])C1(C)C. The molecule has 0 heterocycles. The van der Waals surface area contributed by atoms with Crippen molar-refractivity contribution in [3.05, 3.63) is 33.9 Å². The van der Waals surface area contributed by atoms with Crippen LogP contribution in [0.3, 0.4) is 0 Å². The topological polar surface area (TPSA) is 92.5 Å². The van der Waals surface area contributed by atoms with Crippen molar-refractivity contribution in [1.29, 1.82) is 0 Å². The van der Waals surface area contributed by atoms with Gasteiger partial charge in [0.05, 0.1) is 4.92 Å². The highest BCUT2D eigenvalue weighted by Gasteiger charge is 2.64. The second kappa shape index (κ2) is 4.72. The molecular weight excluding hydrogens is 272 g/mol. The Balaban J connectivity index is 2.24. The summed E-state index contributed by atoms with van der Waals surface area (Å²) in [6.07, 6.45) is 0. The molecule has 0 bridgehead atoms. The third kappa shape index (κ3) is 2.34. The second-order valence-electron chi connectivity index (χ2n) is 6.64. The highest BCUT2D eigenvalue weighted by atomic mass is 16.6. The van der Waals surface area contributed by atoms with Gasteiger partial charge < -0.3 is 10.4 Å². The summed E-state index contributed by atoms with van der Waals surface area (Å²) < 4.78 is 0. The van der Waals surface area contributed by atoms with Crippen molar-refractivity contribution in [2.45, 2.75) is 27.7 Å². The fourth-order valence-electron chi connectivity index (χ4n) is 3.11. The monoisotopic (exact) mass is 292 g/mol. The molecule has 0 aromatic heterocycles. The number of para-hydroxylation sites is 1. The molecule has 1 aromatic rings. The third-order valence-electron chi connectivity index (χ3n) is 5.27. The summed E-state index contributed by atoms with van der Waals surface area (Å²) >= 11 is 0. The lowest BCUT2D eigenvalue weighted by molar-refractivity contribution is -0.384. The molecule has 2 N–H and O–H groups in total. The van der Waals surface area contributed by atoms with Crippen molar-refractivity contribution < 1.29 is 14.8 Å². The quantitative estimate of drug-likeness (QED) is 0.641. The molecule has 114 valence electrons. The lowest BCUT2D eigenvalue weighted by atomic mass is 10.0. The van der Waals surface area contributed by atoms with Crippen LogP contribution in [-0.2, 0) is 0 Å². The van der Waals surface area contributed by atoms with Crippen LogP contribution >= 0.6 is 0 Å². The van der Waals surface area contributed by atoms with Gasteiger partial charge in [-0.25, -0.2) is 4.79 Å². The number of carboxylic acid groups (broad SMARTS) is 1. The minimum Gasteiger partial charge on any atom is -0.477 e. The molecule has 1 saturated carbocycles. The van der Waals surface area contributed by atoms with Gasteiger partial charge in [0.1, 0.15) is 11.3 Å². The van der Waals surface area contributed by atoms with E-state index in [1.54, 1.807) is 6.07 Å². The molecule has 0 amide bonds. The maximum Gasteiger partial charge on any atom is 0.342 e. The van der Waals surface area contributed by atoms with Crippen molar-refractivity contribution in [2.75, 3.05) is 11.9 Å². The molecule has 0 radical (unpaired) electrons. The van der Waals surface area contributed by atoms with E-state index in [0.717, 1.165) is 0 Å². The minimum atomic E-state index is -1.29. The van der Waals surface area contributed by atoms with E-state index >= 15 is 0 Å². The van der Waals surface area contributed by atoms with E-state index in [1.807, 2.05) is 0 Å². The minimum absolute atomic E-state index is 0.166. The smallest absolute Gasteiger partial charge is 0.342 e. The maximum absolute atomic E-state index is 11.2. The number of rotatable bonds is 5. The summed E-state index contributed by atoms with van der Waals surface area (Å²) in [7, 11) is 0. The van der Waals surface area contributed by atoms with Crippen molar-refractivity contribution in [2.24, 2.45) is 16.7 Å². The van der Waals surface area contributed by atoms with Gasteiger partial charge in [0.25, 0.3) is 0 Å². The molecular formula is C15H20N2O4. The number of carbonyl (C=O) groups is 1. The molecule has 1 aliphatic carbocycles. The normalized spacial score (nSPS) is 19.0. The molecule has 0 unspecified atom stereocenters. The van der Waals surface area contributed by atoms with E-state index < -0.39 is 10.9 Å². The number of hydrogen-bond acceptors (Lipinski definition) is 4. The Kier molecular flexibility index (Phi) is 3.43. The van der Waals surface area contributed by atoms with Crippen LogP contribution in [-0.4, -0.2) is 22.5 Å². The number of hydrogen-bond donors (Lipinski definition) is 2. The Morgan fingerprint density at radius 2 is 1.90 bits per heavy atom. The third-order valence-corrected chi connectivity index (χ3v) is 5.27. The molecule has 6 nitrogen and oxygen atoms in total. The number of anilines is 1. The number of aromatic carboxylic acids is 1. The molecule has 1 fully saturated rings. The number of benzene rings is 1. The van der Waals surface area contributed by atoms with Gasteiger partial charge in [0.15, 0.2) is 0 Å². The lowest BCUT2D eigenvalue weighted by Gasteiger charge is -2.09. The van der Waals surface area contributed by atoms with Crippen molar-refractivity contribution in [1.82, 2.24) is 0 Å². The first-order chi connectivity index (χ1) is 9.60. The second-order valence-corrected chi connectivity index (χ2v) is 6.64. The van der Waals surface area contributed by atoms with Gasteiger partial charge in [0.2, 0.25) is 0 Å². The average molecular weight is 292 g/mol. The number of nitrogens with one attached hydrogen (secondary N) is 1. The first kappa shape index (κ1) is 15.3. The Morgan fingerprint density at radius 3 is 2.33 bits per heavy atom. The lowest BCUT2D eigenvalue weighted by Crippen LogP contribution is -2.11. The largest absolute Gasteiger partial charge is 0.477 e. The number of nitro benzene ring substituents is 1. The molecule has 1 aromatic carbocycles. The summed E-state index contributed by atoms with van der Waals surface area (Å²) in [5.41, 5.74) is -0.0720. The zero-order chi connectivity index (χ0) is 16.0. The van der Waals surface area contributed by atoms with E-state index in [-0.39, 0.29) is 27.8 Å². The van der Waals surface area contributed by atoms with Crippen LogP contribution in [0.25, 0.3) is 0 Å². The van der Waals surface area contributed by atoms with E-state index in [2.05, 4.69) is 33.0 Å². The van der Waals surface area contributed by atoms with Gasteiger partial charge in [-0.2, -0.15) is 0 Å². The van der Waals surface area contributed by atoms with Crippen molar-refractivity contribution >= 4 is 17.3 Å². The Bertz CT molecular complexity index is 594. The van der Waals surface area contributed by atoms with Gasteiger partial charge >= 0.3 is 11.7 Å². The first-order valence-corrected chi connectivity index (χ1v) is 6.85. The maximum atomic E-state index is 11.2. The fraction of sp³-hybridized carbons (Fsp3) is 0.533. The van der Waals surface area contributed by atoms with E-state index in [0.29, 0.717) is 12.5 Å². The van der Waals surface area contributed by atoms with Crippen LogP contribution in [0.5, 0.6) is 0 Å². The first-order valence-electron chi connectivity index (χ1n) is 6.85. The van der Waals surface area contributed by atoms with Gasteiger partial charge in [-0.1, -0.05) is 33.8 Å². The average Bonchev–Trinajstić information content (AvgIpc) is 2.76. The molecule has 21 heavy (non-hydrogen) atoms. The van der Waals surface area contributed by atoms with Crippen LogP contribution in [0.2, 0.25) is 0 Å². The van der Waals surface area contributed by atoms with E-state index in [9.17, 15) is 14.9 Å². The molecule has 2 rings (SSSR count). The number of nitro groups is 1. The summed E-state index contributed by atoms with van der Waals surface area (Å²) in [4.78, 5) is 21.6.